The molecule has 6 heteroatoms. The third-order valence-corrected chi connectivity index (χ3v) is 2.87. The molecule has 0 fully saturated rings. The number of nitrogens with zero attached hydrogens (tertiary/aromatic N) is 4. The lowest BCUT2D eigenvalue weighted by molar-refractivity contribution is 0.328. The molecule has 0 aromatic carbocycles. The Bertz CT molecular complexity index is 564. The molecule has 2 aromatic heterocycles. The molecule has 0 saturated heterocycles. The molecule has 0 atom stereocenters. The zero-order valence-electron chi connectivity index (χ0n) is 11.6. The molecule has 19 heavy (non-hydrogen) atoms. The molecule has 0 aliphatic carbocycles. The van der Waals surface area contributed by atoms with Crippen molar-refractivity contribution in [3.8, 4) is 11.7 Å². The first kappa shape index (κ1) is 13.3. The van der Waals surface area contributed by atoms with Crippen molar-refractivity contribution in [1.82, 2.24) is 19.7 Å². The number of anilines is 1. The summed E-state index contributed by atoms with van der Waals surface area (Å²) < 4.78 is 7.16. The van der Waals surface area contributed by atoms with E-state index in [4.69, 9.17) is 10.5 Å². The van der Waals surface area contributed by atoms with E-state index in [0.717, 1.165) is 24.2 Å². The van der Waals surface area contributed by atoms with Crippen LogP contribution in [-0.4, -0.2) is 26.4 Å². The Hall–Kier alpha value is -2.11. The van der Waals surface area contributed by atoms with Crippen molar-refractivity contribution >= 4 is 5.69 Å². The maximum absolute atomic E-state index is 6.06. The summed E-state index contributed by atoms with van der Waals surface area (Å²) in [7, 11) is 0. The fraction of sp³-hybridized carbons (Fsp3) is 0.462. The predicted molar refractivity (Wildman–Crippen MR) is 73.5 cm³/mol. The molecule has 0 radical (unpaired) electrons. The number of aryl methyl sites for hydroxylation is 2. The molecule has 2 rings (SSSR count). The molecule has 2 aromatic rings. The van der Waals surface area contributed by atoms with Crippen molar-refractivity contribution in [2.45, 2.75) is 33.6 Å². The second-order valence-corrected chi connectivity index (χ2v) is 4.10. The summed E-state index contributed by atoms with van der Waals surface area (Å²) in [4.78, 5) is 8.27. The smallest absolute Gasteiger partial charge is 0.242 e. The van der Waals surface area contributed by atoms with Gasteiger partial charge in [0.25, 0.3) is 0 Å². The lowest BCUT2D eigenvalue weighted by Crippen LogP contribution is -2.10. The van der Waals surface area contributed by atoms with Crippen LogP contribution in [-0.2, 0) is 12.8 Å². The monoisotopic (exact) mass is 261 g/mol. The van der Waals surface area contributed by atoms with E-state index in [2.05, 4.69) is 35.0 Å². The first-order chi connectivity index (χ1) is 9.21. The lowest BCUT2D eigenvalue weighted by atomic mass is 10.2. The van der Waals surface area contributed by atoms with Crippen LogP contribution in [0.4, 0.5) is 5.69 Å². The highest BCUT2D eigenvalue weighted by molar-refractivity contribution is 5.59. The van der Waals surface area contributed by atoms with E-state index in [-0.39, 0.29) is 0 Å². The van der Waals surface area contributed by atoms with Crippen LogP contribution in [0.3, 0.4) is 0 Å². The standard InChI is InChI=1S/C13H19N5O/c1-4-9-7-10(5-2)18(17-9)12-11(14)13(19-6-3)16-8-15-12/h7-8H,4-6,14H2,1-3H3. The van der Waals surface area contributed by atoms with E-state index >= 15 is 0 Å². The van der Waals surface area contributed by atoms with Crippen molar-refractivity contribution in [1.29, 1.82) is 0 Å². The molecule has 2 heterocycles. The summed E-state index contributed by atoms with van der Waals surface area (Å²) in [6, 6.07) is 2.07. The average molecular weight is 261 g/mol. The predicted octanol–water partition coefficient (Wildman–Crippen LogP) is 1.77. The Kier molecular flexibility index (Phi) is 3.99. The number of hydrogen-bond acceptors (Lipinski definition) is 5. The van der Waals surface area contributed by atoms with E-state index in [9.17, 15) is 0 Å². The molecular formula is C13H19N5O. The SMILES string of the molecule is CCOc1ncnc(-n2nc(CC)cc2CC)c1N. The van der Waals surface area contributed by atoms with Crippen LogP contribution in [0.25, 0.3) is 5.82 Å². The van der Waals surface area contributed by atoms with Crippen molar-refractivity contribution in [2.24, 2.45) is 0 Å². The lowest BCUT2D eigenvalue weighted by Gasteiger charge is -2.10. The molecule has 0 aliphatic heterocycles. The van der Waals surface area contributed by atoms with Crippen LogP contribution in [0.2, 0.25) is 0 Å². The molecule has 0 unspecified atom stereocenters. The van der Waals surface area contributed by atoms with E-state index in [0.29, 0.717) is 24.0 Å². The van der Waals surface area contributed by atoms with Gasteiger partial charge in [-0.1, -0.05) is 13.8 Å². The zero-order valence-corrected chi connectivity index (χ0v) is 11.6. The Labute approximate surface area is 112 Å². The summed E-state index contributed by atoms with van der Waals surface area (Å²) in [5.41, 5.74) is 8.58. The van der Waals surface area contributed by atoms with Gasteiger partial charge >= 0.3 is 0 Å². The summed E-state index contributed by atoms with van der Waals surface area (Å²) >= 11 is 0. The fourth-order valence-electron chi connectivity index (χ4n) is 1.87. The largest absolute Gasteiger partial charge is 0.476 e. The van der Waals surface area contributed by atoms with Gasteiger partial charge in [-0.05, 0) is 25.8 Å². The first-order valence-electron chi connectivity index (χ1n) is 6.52. The van der Waals surface area contributed by atoms with Gasteiger partial charge in [0.2, 0.25) is 5.88 Å². The summed E-state index contributed by atoms with van der Waals surface area (Å²) in [5.74, 6) is 0.984. The number of aromatic nitrogens is 4. The van der Waals surface area contributed by atoms with Crippen molar-refractivity contribution < 1.29 is 4.74 Å². The zero-order chi connectivity index (χ0) is 13.8. The highest BCUT2D eigenvalue weighted by atomic mass is 16.5. The quantitative estimate of drug-likeness (QED) is 0.887. The van der Waals surface area contributed by atoms with Gasteiger partial charge in [0.1, 0.15) is 12.0 Å². The second kappa shape index (κ2) is 5.69. The van der Waals surface area contributed by atoms with Gasteiger partial charge in [-0.15, -0.1) is 0 Å². The van der Waals surface area contributed by atoms with E-state index in [1.807, 2.05) is 6.92 Å². The normalized spacial score (nSPS) is 10.7. The maximum atomic E-state index is 6.06. The minimum atomic E-state index is 0.406. The van der Waals surface area contributed by atoms with Crippen molar-refractivity contribution in [3.05, 3.63) is 23.8 Å². The van der Waals surface area contributed by atoms with Crippen LogP contribution in [0.5, 0.6) is 5.88 Å². The molecule has 0 amide bonds. The molecular weight excluding hydrogens is 242 g/mol. The molecule has 0 spiro atoms. The summed E-state index contributed by atoms with van der Waals surface area (Å²) in [6.45, 7) is 6.55. The fourth-order valence-corrected chi connectivity index (χ4v) is 1.87. The van der Waals surface area contributed by atoms with Gasteiger partial charge in [0.15, 0.2) is 5.82 Å². The van der Waals surface area contributed by atoms with Crippen molar-refractivity contribution in [2.75, 3.05) is 12.3 Å². The van der Waals surface area contributed by atoms with Gasteiger partial charge in [-0.2, -0.15) is 10.1 Å². The summed E-state index contributed by atoms with van der Waals surface area (Å²) in [5, 5.41) is 4.52. The van der Waals surface area contributed by atoms with Crippen LogP contribution >= 0.6 is 0 Å². The van der Waals surface area contributed by atoms with E-state index in [1.165, 1.54) is 6.33 Å². The van der Waals surface area contributed by atoms with Crippen LogP contribution in [0.15, 0.2) is 12.4 Å². The molecule has 0 aliphatic rings. The number of ether oxygens (including phenoxy) is 1. The van der Waals surface area contributed by atoms with Crippen molar-refractivity contribution in [3.63, 3.8) is 0 Å². The minimum Gasteiger partial charge on any atom is -0.476 e. The van der Waals surface area contributed by atoms with Gasteiger partial charge in [-0.3, -0.25) is 0 Å². The highest BCUT2D eigenvalue weighted by Gasteiger charge is 2.15. The Morgan fingerprint density at radius 3 is 2.63 bits per heavy atom. The van der Waals surface area contributed by atoms with Gasteiger partial charge in [-0.25, -0.2) is 9.67 Å². The molecule has 0 saturated carbocycles. The van der Waals surface area contributed by atoms with Crippen LogP contribution in [0.1, 0.15) is 32.2 Å². The van der Waals surface area contributed by atoms with E-state index in [1.54, 1.807) is 4.68 Å². The third kappa shape index (κ3) is 2.52. The van der Waals surface area contributed by atoms with Gasteiger partial charge in [0.05, 0.1) is 12.3 Å². The molecule has 0 bridgehead atoms. The highest BCUT2D eigenvalue weighted by Crippen LogP contribution is 2.24. The van der Waals surface area contributed by atoms with Gasteiger partial charge in [0, 0.05) is 5.69 Å². The molecule has 102 valence electrons. The summed E-state index contributed by atoms with van der Waals surface area (Å²) in [6.07, 6.45) is 3.19. The number of nitrogen functional groups attached to an aromatic ring is 1. The van der Waals surface area contributed by atoms with Crippen LogP contribution < -0.4 is 10.5 Å². The maximum Gasteiger partial charge on any atom is 0.242 e. The van der Waals surface area contributed by atoms with Gasteiger partial charge < -0.3 is 10.5 Å². The Morgan fingerprint density at radius 2 is 2.00 bits per heavy atom. The van der Waals surface area contributed by atoms with E-state index < -0.39 is 0 Å². The average Bonchev–Trinajstić information content (AvgIpc) is 2.84. The second-order valence-electron chi connectivity index (χ2n) is 4.10. The molecule has 6 nitrogen and oxygen atoms in total. The number of rotatable bonds is 5. The minimum absolute atomic E-state index is 0.406. The third-order valence-electron chi connectivity index (χ3n) is 2.87. The molecule has 2 N–H and O–H groups in total. The first-order valence-corrected chi connectivity index (χ1v) is 6.52. The number of hydrogen-bond donors (Lipinski definition) is 1. The Morgan fingerprint density at radius 1 is 1.21 bits per heavy atom. The number of nitrogens with two attached hydrogens (primary N) is 1. The van der Waals surface area contributed by atoms with Crippen LogP contribution in [0, 0.1) is 0 Å². The topological polar surface area (TPSA) is 78.9 Å². The Balaban J connectivity index is 2.52.